The van der Waals surface area contributed by atoms with Crippen molar-refractivity contribution in [2.45, 2.75) is 103 Å². The minimum atomic E-state index is -3.48. The Morgan fingerprint density at radius 2 is 1.31 bits per heavy atom. The summed E-state index contributed by atoms with van der Waals surface area (Å²) >= 11 is 0. The Morgan fingerprint density at radius 3 is 1.73 bits per heavy atom. The van der Waals surface area contributed by atoms with Crippen molar-refractivity contribution >= 4 is 7.60 Å². The molecule has 0 amide bonds. The first kappa shape index (κ1) is 26.1. The van der Waals surface area contributed by atoms with Gasteiger partial charge < -0.3 is 13.9 Å². The van der Waals surface area contributed by atoms with E-state index < -0.39 is 7.60 Å². The molecule has 0 fully saturated rings. The highest BCUT2D eigenvalue weighted by atomic mass is 31.2. The quantitative estimate of drug-likeness (QED) is 0.167. The molecule has 0 heterocycles. The molecule has 158 valence electrons. The fourth-order valence-electron chi connectivity index (χ4n) is 3.19. The van der Waals surface area contributed by atoms with Gasteiger partial charge in [0.05, 0.1) is 26.8 Å². The third-order valence-corrected chi connectivity index (χ3v) is 7.21. The van der Waals surface area contributed by atoms with Gasteiger partial charge in [0.15, 0.2) is 0 Å². The van der Waals surface area contributed by atoms with Crippen molar-refractivity contribution in [3.63, 3.8) is 0 Å². The highest BCUT2D eigenvalue weighted by Crippen LogP contribution is 2.50. The second kappa shape index (κ2) is 15.1. The van der Waals surface area contributed by atoms with E-state index in [-0.39, 0.29) is 5.66 Å². The lowest BCUT2D eigenvalue weighted by Gasteiger charge is -2.26. The monoisotopic (exact) mass is 392 g/mol. The summed E-state index contributed by atoms with van der Waals surface area (Å²) in [7, 11) is 2.71. The molecule has 1 N–H and O–H groups in total. The number of hydrogen-bond acceptors (Lipinski definition) is 2. The fraction of sp³-hybridized carbons (Fsp3) is 1.00. The van der Waals surface area contributed by atoms with E-state index in [1.54, 1.807) is 0 Å². The van der Waals surface area contributed by atoms with Crippen LogP contribution in [0.15, 0.2) is 0 Å². The highest BCUT2D eigenvalue weighted by Gasteiger charge is 2.30. The second-order valence-electron chi connectivity index (χ2n) is 8.80. The van der Waals surface area contributed by atoms with Gasteiger partial charge >= 0.3 is 7.60 Å². The summed E-state index contributed by atoms with van der Waals surface area (Å²) in [5.41, 5.74) is -0.200. The number of hydrogen-bond donors (Lipinski definition) is 1. The van der Waals surface area contributed by atoms with Crippen LogP contribution < -0.4 is 0 Å². The smallest absolute Gasteiger partial charge is 0.329 e. The number of nitrogens with zero attached hydrogens (tertiary/aromatic N) is 1. The van der Waals surface area contributed by atoms with E-state index in [0.29, 0.717) is 6.61 Å². The fourth-order valence-corrected chi connectivity index (χ4v) is 4.72. The Bertz CT molecular complexity index is 369. The van der Waals surface area contributed by atoms with E-state index in [1.807, 2.05) is 6.92 Å². The molecule has 0 aliphatic carbocycles. The van der Waals surface area contributed by atoms with Crippen LogP contribution in [0.1, 0.15) is 97.3 Å². The van der Waals surface area contributed by atoms with E-state index in [2.05, 4.69) is 28.1 Å². The Labute approximate surface area is 163 Å². The molecule has 0 aromatic heterocycles. The van der Waals surface area contributed by atoms with Gasteiger partial charge in [0.1, 0.15) is 13.2 Å². The third kappa shape index (κ3) is 15.2. The summed E-state index contributed by atoms with van der Waals surface area (Å²) in [6, 6.07) is 0. The van der Waals surface area contributed by atoms with E-state index >= 15 is 0 Å². The molecule has 0 bridgehead atoms. The molecule has 0 aromatic rings. The third-order valence-electron chi connectivity index (χ3n) is 5.11. The standard InChI is InChI=1S/C21H46NO3P/c1-6-8-9-10-11-12-13-14-15-16-17-18-21(7-2)26(23,24)25-20-19-22(3,4)5/h21H,6-20H2,1-5H3/p+1. The lowest BCUT2D eigenvalue weighted by Crippen LogP contribution is -2.37. The van der Waals surface area contributed by atoms with Crippen molar-refractivity contribution in [1.82, 2.24) is 0 Å². The van der Waals surface area contributed by atoms with Crippen molar-refractivity contribution in [1.29, 1.82) is 0 Å². The summed E-state index contributed by atoms with van der Waals surface area (Å²) in [4.78, 5) is 10.3. The van der Waals surface area contributed by atoms with Gasteiger partial charge in [0, 0.05) is 0 Å². The van der Waals surface area contributed by atoms with Crippen molar-refractivity contribution < 1.29 is 18.5 Å². The number of likely N-dealkylation sites (N-methyl/N-ethyl adjacent to an activating group) is 1. The van der Waals surface area contributed by atoms with Gasteiger partial charge in [0.25, 0.3) is 0 Å². The topological polar surface area (TPSA) is 46.5 Å². The molecule has 0 saturated carbocycles. The van der Waals surface area contributed by atoms with Gasteiger partial charge in [-0.05, 0) is 12.8 Å². The first-order chi connectivity index (χ1) is 12.2. The van der Waals surface area contributed by atoms with Gasteiger partial charge in [-0.3, -0.25) is 4.57 Å². The molecule has 0 rings (SSSR count). The Balaban J connectivity index is 3.75. The minimum Gasteiger partial charge on any atom is -0.329 e. The van der Waals surface area contributed by atoms with Gasteiger partial charge in [0.2, 0.25) is 0 Å². The zero-order chi connectivity index (χ0) is 19.9. The average molecular weight is 393 g/mol. The summed E-state index contributed by atoms with van der Waals surface area (Å²) in [6.45, 7) is 5.36. The van der Waals surface area contributed by atoms with Crippen LogP contribution in [0, 0.1) is 0 Å². The van der Waals surface area contributed by atoms with Crippen LogP contribution in [0.25, 0.3) is 0 Å². The Hall–Kier alpha value is 0.110. The number of unbranched alkanes of at least 4 members (excludes halogenated alkanes) is 10. The van der Waals surface area contributed by atoms with Crippen molar-refractivity contribution in [3.05, 3.63) is 0 Å². The zero-order valence-corrected chi connectivity index (χ0v) is 19.2. The molecular weight excluding hydrogens is 345 g/mol. The lowest BCUT2D eigenvalue weighted by molar-refractivity contribution is -0.870. The van der Waals surface area contributed by atoms with Crippen LogP contribution in [0.2, 0.25) is 0 Å². The molecule has 0 aliphatic rings. The number of quaternary nitrogens is 1. The van der Waals surface area contributed by atoms with Crippen molar-refractivity contribution in [2.24, 2.45) is 0 Å². The van der Waals surface area contributed by atoms with Crippen molar-refractivity contribution in [2.75, 3.05) is 34.3 Å². The van der Waals surface area contributed by atoms with E-state index in [4.69, 9.17) is 4.52 Å². The molecule has 0 radical (unpaired) electrons. The molecule has 0 aliphatic heterocycles. The van der Waals surface area contributed by atoms with E-state index in [0.717, 1.165) is 30.3 Å². The summed E-state index contributed by atoms with van der Waals surface area (Å²) < 4.78 is 18.6. The van der Waals surface area contributed by atoms with Crippen LogP contribution in [-0.4, -0.2) is 49.3 Å². The van der Waals surface area contributed by atoms with E-state index in [1.165, 1.54) is 64.2 Å². The van der Waals surface area contributed by atoms with Gasteiger partial charge in [-0.1, -0.05) is 84.5 Å². The van der Waals surface area contributed by atoms with Crippen LogP contribution in [0.3, 0.4) is 0 Å². The molecule has 4 nitrogen and oxygen atoms in total. The summed E-state index contributed by atoms with van der Waals surface area (Å²) in [6.07, 6.45) is 15.9. The van der Waals surface area contributed by atoms with E-state index in [9.17, 15) is 9.46 Å². The maximum atomic E-state index is 12.5. The van der Waals surface area contributed by atoms with Gasteiger partial charge in [-0.15, -0.1) is 0 Å². The minimum absolute atomic E-state index is 0.200. The molecule has 0 aromatic carbocycles. The lowest BCUT2D eigenvalue weighted by atomic mass is 10.0. The highest BCUT2D eigenvalue weighted by molar-refractivity contribution is 7.53. The van der Waals surface area contributed by atoms with Crippen LogP contribution in [-0.2, 0) is 9.09 Å². The molecule has 0 saturated heterocycles. The molecule has 5 heteroatoms. The normalized spacial score (nSPS) is 15.8. The molecule has 26 heavy (non-hydrogen) atoms. The summed E-state index contributed by atoms with van der Waals surface area (Å²) in [5, 5.41) is 0. The predicted molar refractivity (Wildman–Crippen MR) is 114 cm³/mol. The van der Waals surface area contributed by atoms with Gasteiger partial charge in [-0.2, -0.15) is 0 Å². The SMILES string of the molecule is CCCCCCCCCCCCCC(CC)P(=O)(O)OCC[N+](C)(C)C. The van der Waals surface area contributed by atoms with Crippen LogP contribution >= 0.6 is 7.60 Å². The summed E-state index contributed by atoms with van der Waals surface area (Å²) in [5.74, 6) is 0. The maximum absolute atomic E-state index is 12.5. The predicted octanol–water partition coefficient (Wildman–Crippen LogP) is 6.37. The van der Waals surface area contributed by atoms with Crippen molar-refractivity contribution in [3.8, 4) is 0 Å². The Kier molecular flexibility index (Phi) is 15.1. The average Bonchev–Trinajstić information content (AvgIpc) is 2.54. The Morgan fingerprint density at radius 1 is 0.846 bits per heavy atom. The zero-order valence-electron chi connectivity index (χ0n) is 18.3. The molecule has 2 unspecified atom stereocenters. The largest absolute Gasteiger partial charge is 0.331 e. The number of rotatable bonds is 18. The van der Waals surface area contributed by atoms with Crippen LogP contribution in [0.4, 0.5) is 0 Å². The van der Waals surface area contributed by atoms with Crippen LogP contribution in [0.5, 0.6) is 0 Å². The molecule has 0 spiro atoms. The maximum Gasteiger partial charge on any atom is 0.331 e. The molecule has 2 atom stereocenters. The first-order valence-electron chi connectivity index (χ1n) is 11.0. The first-order valence-corrected chi connectivity index (χ1v) is 12.6. The molecular formula is C21H47NO3P+. The second-order valence-corrected chi connectivity index (χ2v) is 10.9. The van der Waals surface area contributed by atoms with Gasteiger partial charge in [-0.25, -0.2) is 0 Å².